The number of halogens is 1. The first kappa shape index (κ1) is 11.5. The molecule has 3 aromatic rings. The molecule has 96 valence electrons. The number of imidazole rings is 1. The van der Waals surface area contributed by atoms with Crippen molar-refractivity contribution in [2.75, 3.05) is 12.8 Å². The van der Waals surface area contributed by atoms with Gasteiger partial charge in [0.15, 0.2) is 0 Å². The molecule has 2 aromatic carbocycles. The average molecular weight is 257 g/mol. The van der Waals surface area contributed by atoms with Gasteiger partial charge in [-0.3, -0.25) is 4.57 Å². The van der Waals surface area contributed by atoms with Crippen molar-refractivity contribution in [3.63, 3.8) is 0 Å². The molecule has 0 amide bonds. The lowest BCUT2D eigenvalue weighted by Gasteiger charge is -2.07. The first-order chi connectivity index (χ1) is 9.22. The maximum Gasteiger partial charge on any atom is 0.206 e. The normalized spacial score (nSPS) is 10.8. The molecule has 19 heavy (non-hydrogen) atoms. The summed E-state index contributed by atoms with van der Waals surface area (Å²) < 4.78 is 20.7. The molecule has 1 heterocycles. The molecule has 1 aromatic heterocycles. The van der Waals surface area contributed by atoms with Crippen LogP contribution >= 0.6 is 0 Å². The Balaban J connectivity index is 2.36. The van der Waals surface area contributed by atoms with E-state index < -0.39 is 0 Å². The van der Waals surface area contributed by atoms with E-state index in [-0.39, 0.29) is 11.8 Å². The van der Waals surface area contributed by atoms with Crippen LogP contribution in [0, 0.1) is 5.82 Å². The van der Waals surface area contributed by atoms with Gasteiger partial charge < -0.3 is 10.5 Å². The summed E-state index contributed by atoms with van der Waals surface area (Å²) in [6.07, 6.45) is 0. The van der Waals surface area contributed by atoms with E-state index in [0.717, 1.165) is 0 Å². The molecule has 0 saturated carbocycles. The largest absolute Gasteiger partial charge is 0.494 e. The fourth-order valence-corrected chi connectivity index (χ4v) is 2.14. The third-order valence-electron chi connectivity index (χ3n) is 2.99. The van der Waals surface area contributed by atoms with Gasteiger partial charge in [-0.15, -0.1) is 0 Å². The molecule has 0 fully saturated rings. The van der Waals surface area contributed by atoms with Crippen molar-refractivity contribution >= 4 is 17.0 Å². The highest BCUT2D eigenvalue weighted by molar-refractivity contribution is 5.86. The fourth-order valence-electron chi connectivity index (χ4n) is 2.14. The third kappa shape index (κ3) is 1.71. The van der Waals surface area contributed by atoms with Crippen LogP contribution in [0.25, 0.3) is 16.7 Å². The molecule has 2 N–H and O–H groups in total. The van der Waals surface area contributed by atoms with Crippen molar-refractivity contribution in [1.82, 2.24) is 9.55 Å². The molecule has 0 aliphatic rings. The first-order valence-electron chi connectivity index (χ1n) is 5.78. The van der Waals surface area contributed by atoms with Crippen molar-refractivity contribution in [2.24, 2.45) is 0 Å². The molecule has 0 bridgehead atoms. The Bertz CT molecular complexity index is 752. The minimum absolute atomic E-state index is 0.226. The molecule has 4 nitrogen and oxygen atoms in total. The fraction of sp³-hybridized carbons (Fsp3) is 0.0714. The Morgan fingerprint density at radius 3 is 2.68 bits per heavy atom. The second kappa shape index (κ2) is 4.28. The molecule has 3 rings (SSSR count). The van der Waals surface area contributed by atoms with Crippen LogP contribution in [0.15, 0.2) is 42.5 Å². The van der Waals surface area contributed by atoms with Crippen LogP contribution in [0.1, 0.15) is 0 Å². The van der Waals surface area contributed by atoms with Crippen molar-refractivity contribution in [3.05, 3.63) is 48.3 Å². The summed E-state index contributed by atoms with van der Waals surface area (Å²) in [6.45, 7) is 0. The highest BCUT2D eigenvalue weighted by Crippen LogP contribution is 2.30. The van der Waals surface area contributed by atoms with Gasteiger partial charge >= 0.3 is 0 Å². The number of anilines is 1. The van der Waals surface area contributed by atoms with Crippen LogP contribution < -0.4 is 10.5 Å². The number of methoxy groups -OCH3 is 1. The Labute approximate surface area is 109 Å². The van der Waals surface area contributed by atoms with E-state index in [0.29, 0.717) is 22.5 Å². The zero-order valence-electron chi connectivity index (χ0n) is 10.3. The standard InChI is InChI=1S/C14H12FN3O/c1-19-12-8-4-7-11-13(12)17-14(16)18(11)10-6-3-2-5-9(10)15/h2-8H,1H3,(H2,16,17). The average Bonchev–Trinajstić information content (AvgIpc) is 2.75. The lowest BCUT2D eigenvalue weighted by Crippen LogP contribution is -2.02. The molecule has 0 saturated heterocycles. The maximum atomic E-state index is 13.9. The van der Waals surface area contributed by atoms with E-state index in [9.17, 15) is 4.39 Å². The summed E-state index contributed by atoms with van der Waals surface area (Å²) in [5, 5.41) is 0. The van der Waals surface area contributed by atoms with Gasteiger partial charge in [0.1, 0.15) is 17.1 Å². The highest BCUT2D eigenvalue weighted by atomic mass is 19.1. The lowest BCUT2D eigenvalue weighted by atomic mass is 10.2. The molecule has 0 unspecified atom stereocenters. The summed E-state index contributed by atoms with van der Waals surface area (Å²) in [5.74, 6) is 0.486. The highest BCUT2D eigenvalue weighted by Gasteiger charge is 2.15. The first-order valence-corrected chi connectivity index (χ1v) is 5.78. The Morgan fingerprint density at radius 2 is 1.95 bits per heavy atom. The van der Waals surface area contributed by atoms with Gasteiger partial charge in [-0.25, -0.2) is 9.37 Å². The van der Waals surface area contributed by atoms with Crippen molar-refractivity contribution in [3.8, 4) is 11.4 Å². The quantitative estimate of drug-likeness (QED) is 0.768. The van der Waals surface area contributed by atoms with Crippen molar-refractivity contribution < 1.29 is 9.13 Å². The number of hydrogen-bond donors (Lipinski definition) is 1. The Kier molecular flexibility index (Phi) is 2.59. The molecule has 0 spiro atoms. The van der Waals surface area contributed by atoms with Gasteiger partial charge in [0.2, 0.25) is 5.95 Å². The van der Waals surface area contributed by atoms with Crippen LogP contribution in [-0.2, 0) is 0 Å². The van der Waals surface area contributed by atoms with Gasteiger partial charge in [0.05, 0.1) is 18.3 Å². The number of nitrogen functional groups attached to an aromatic ring is 1. The molecule has 0 aliphatic carbocycles. The SMILES string of the molecule is COc1cccc2c1nc(N)n2-c1ccccc1F. The number of nitrogens with two attached hydrogens (primary N) is 1. The van der Waals surface area contributed by atoms with Crippen LogP contribution in [0.2, 0.25) is 0 Å². The van der Waals surface area contributed by atoms with E-state index in [1.54, 1.807) is 35.9 Å². The van der Waals surface area contributed by atoms with E-state index in [2.05, 4.69) is 4.98 Å². The number of fused-ring (bicyclic) bond motifs is 1. The predicted octanol–water partition coefficient (Wildman–Crippen LogP) is 2.76. The molecular formula is C14H12FN3O. The van der Waals surface area contributed by atoms with Gasteiger partial charge in [-0.1, -0.05) is 18.2 Å². The predicted molar refractivity (Wildman–Crippen MR) is 72.0 cm³/mol. The molecular weight excluding hydrogens is 245 g/mol. The minimum atomic E-state index is -0.351. The second-order valence-electron chi connectivity index (χ2n) is 4.08. The minimum Gasteiger partial charge on any atom is -0.494 e. The molecule has 0 radical (unpaired) electrons. The zero-order chi connectivity index (χ0) is 13.4. The molecule has 0 atom stereocenters. The molecule has 5 heteroatoms. The maximum absolute atomic E-state index is 13.9. The summed E-state index contributed by atoms with van der Waals surface area (Å²) in [6, 6.07) is 11.9. The van der Waals surface area contributed by atoms with E-state index in [1.807, 2.05) is 12.1 Å². The van der Waals surface area contributed by atoms with E-state index in [1.165, 1.54) is 6.07 Å². The van der Waals surface area contributed by atoms with Gasteiger partial charge in [-0.05, 0) is 24.3 Å². The number of hydrogen-bond acceptors (Lipinski definition) is 3. The summed E-state index contributed by atoms with van der Waals surface area (Å²) >= 11 is 0. The number of rotatable bonds is 2. The summed E-state index contributed by atoms with van der Waals surface area (Å²) in [7, 11) is 1.56. The van der Waals surface area contributed by atoms with Crippen LogP contribution in [0.5, 0.6) is 5.75 Å². The van der Waals surface area contributed by atoms with Crippen molar-refractivity contribution in [1.29, 1.82) is 0 Å². The monoisotopic (exact) mass is 257 g/mol. The van der Waals surface area contributed by atoms with Crippen molar-refractivity contribution in [2.45, 2.75) is 0 Å². The van der Waals surface area contributed by atoms with Gasteiger partial charge in [-0.2, -0.15) is 0 Å². The topological polar surface area (TPSA) is 53.1 Å². The summed E-state index contributed by atoms with van der Waals surface area (Å²) in [5.41, 5.74) is 7.61. The third-order valence-corrected chi connectivity index (χ3v) is 2.99. The Hall–Kier alpha value is -2.56. The Morgan fingerprint density at radius 1 is 1.16 bits per heavy atom. The number of ether oxygens (including phenoxy) is 1. The smallest absolute Gasteiger partial charge is 0.206 e. The number of benzene rings is 2. The number of nitrogens with zero attached hydrogens (tertiary/aromatic N) is 2. The van der Waals surface area contributed by atoms with E-state index >= 15 is 0 Å². The van der Waals surface area contributed by atoms with Gasteiger partial charge in [0, 0.05) is 0 Å². The number of para-hydroxylation sites is 2. The lowest BCUT2D eigenvalue weighted by molar-refractivity contribution is 0.419. The number of aromatic nitrogens is 2. The van der Waals surface area contributed by atoms with Crippen LogP contribution in [0.3, 0.4) is 0 Å². The zero-order valence-corrected chi connectivity index (χ0v) is 10.3. The van der Waals surface area contributed by atoms with Crippen LogP contribution in [-0.4, -0.2) is 16.7 Å². The summed E-state index contributed by atoms with van der Waals surface area (Å²) in [4.78, 5) is 4.25. The van der Waals surface area contributed by atoms with Gasteiger partial charge in [0.25, 0.3) is 0 Å². The van der Waals surface area contributed by atoms with Crippen LogP contribution in [0.4, 0.5) is 10.3 Å². The van der Waals surface area contributed by atoms with E-state index in [4.69, 9.17) is 10.5 Å². The second-order valence-corrected chi connectivity index (χ2v) is 4.08. The molecule has 0 aliphatic heterocycles.